The molecule has 0 aliphatic carbocycles. The number of nitrogens with two attached hydrogens (primary N) is 1. The van der Waals surface area contributed by atoms with Gasteiger partial charge in [-0.05, 0) is 54.1 Å². The summed E-state index contributed by atoms with van der Waals surface area (Å²) in [6.07, 6.45) is 0.883. The lowest BCUT2D eigenvalue weighted by Crippen LogP contribution is -2.16. The van der Waals surface area contributed by atoms with E-state index in [-0.39, 0.29) is 11.3 Å². The summed E-state index contributed by atoms with van der Waals surface area (Å²) in [5.41, 5.74) is 10.1. The largest absolute Gasteiger partial charge is 0.493 e. The fourth-order valence-corrected chi connectivity index (χ4v) is 2.99. The normalized spacial score (nSPS) is 12.7. The number of rotatable bonds is 7. The number of ether oxygens (including phenoxy) is 2. The summed E-state index contributed by atoms with van der Waals surface area (Å²) in [6.45, 7) is 9.91. The first-order valence-corrected chi connectivity index (χ1v) is 8.99. The minimum Gasteiger partial charge on any atom is -0.493 e. The molecule has 0 aromatic heterocycles. The van der Waals surface area contributed by atoms with Crippen LogP contribution in [-0.2, 0) is 11.8 Å². The van der Waals surface area contributed by atoms with Crippen LogP contribution >= 0.6 is 0 Å². The third kappa shape index (κ3) is 4.99. The van der Waals surface area contributed by atoms with Gasteiger partial charge in [0.25, 0.3) is 0 Å². The molecular formula is C22H31NO2. The van der Waals surface area contributed by atoms with Gasteiger partial charge in [-0.1, -0.05) is 51.1 Å². The van der Waals surface area contributed by atoms with Gasteiger partial charge in [0.1, 0.15) is 0 Å². The van der Waals surface area contributed by atoms with Crippen LogP contribution in [0.2, 0.25) is 0 Å². The second kappa shape index (κ2) is 8.39. The maximum atomic E-state index is 6.07. The zero-order chi connectivity index (χ0) is 18.4. The summed E-state index contributed by atoms with van der Waals surface area (Å²) in [7, 11) is 1.67. The molecule has 0 saturated heterocycles. The standard InChI is InChI=1S/C22H31NO2/c1-6-25-20-12-7-16(14-21(20)24-5)13-18(15-23)17-8-10-19(11-9-17)22(2,3)4/h7-12,14,18H,6,13,15,23H2,1-5H3. The minimum absolute atomic E-state index is 0.166. The predicted octanol–water partition coefficient (Wildman–Crippen LogP) is 4.68. The summed E-state index contributed by atoms with van der Waals surface area (Å²) in [4.78, 5) is 0. The SMILES string of the molecule is CCOc1ccc(CC(CN)c2ccc(C(C)(C)C)cc2)cc1OC. The number of hydrogen-bond acceptors (Lipinski definition) is 3. The van der Waals surface area contributed by atoms with Crippen LogP contribution in [-0.4, -0.2) is 20.3 Å². The lowest BCUT2D eigenvalue weighted by Gasteiger charge is -2.21. The molecule has 3 heteroatoms. The van der Waals surface area contributed by atoms with Gasteiger partial charge in [-0.3, -0.25) is 0 Å². The smallest absolute Gasteiger partial charge is 0.161 e. The van der Waals surface area contributed by atoms with Crippen LogP contribution < -0.4 is 15.2 Å². The van der Waals surface area contributed by atoms with E-state index in [4.69, 9.17) is 15.2 Å². The first-order chi connectivity index (χ1) is 11.9. The van der Waals surface area contributed by atoms with Gasteiger partial charge in [-0.15, -0.1) is 0 Å². The maximum absolute atomic E-state index is 6.07. The van der Waals surface area contributed by atoms with Crippen molar-refractivity contribution in [2.45, 2.75) is 45.4 Å². The second-order valence-electron chi connectivity index (χ2n) is 7.43. The van der Waals surface area contributed by atoms with Gasteiger partial charge in [0, 0.05) is 5.92 Å². The Labute approximate surface area is 152 Å². The lowest BCUT2D eigenvalue weighted by molar-refractivity contribution is 0.310. The minimum atomic E-state index is 0.166. The summed E-state index contributed by atoms with van der Waals surface area (Å²) >= 11 is 0. The molecule has 0 amide bonds. The second-order valence-corrected chi connectivity index (χ2v) is 7.43. The zero-order valence-electron chi connectivity index (χ0n) is 16.1. The van der Waals surface area contributed by atoms with E-state index in [9.17, 15) is 0 Å². The van der Waals surface area contributed by atoms with E-state index in [1.54, 1.807) is 7.11 Å². The molecule has 0 aliphatic rings. The Balaban J connectivity index is 2.19. The Morgan fingerprint density at radius 1 is 1.00 bits per heavy atom. The predicted molar refractivity (Wildman–Crippen MR) is 105 cm³/mol. The summed E-state index contributed by atoms with van der Waals surface area (Å²) < 4.78 is 11.1. The highest BCUT2D eigenvalue weighted by Crippen LogP contribution is 2.31. The van der Waals surface area contributed by atoms with E-state index in [2.05, 4.69) is 57.2 Å². The lowest BCUT2D eigenvalue weighted by atomic mass is 9.84. The molecule has 0 saturated carbocycles. The van der Waals surface area contributed by atoms with Gasteiger partial charge in [0.15, 0.2) is 11.5 Å². The molecule has 2 rings (SSSR count). The molecule has 25 heavy (non-hydrogen) atoms. The third-order valence-electron chi connectivity index (χ3n) is 4.54. The summed E-state index contributed by atoms with van der Waals surface area (Å²) in [5, 5.41) is 0. The van der Waals surface area contributed by atoms with Crippen molar-refractivity contribution >= 4 is 0 Å². The van der Waals surface area contributed by atoms with Crippen LogP contribution in [0.15, 0.2) is 42.5 Å². The molecule has 0 heterocycles. The first-order valence-electron chi connectivity index (χ1n) is 8.99. The van der Waals surface area contributed by atoms with Crippen molar-refractivity contribution < 1.29 is 9.47 Å². The maximum Gasteiger partial charge on any atom is 0.161 e. The van der Waals surface area contributed by atoms with Gasteiger partial charge < -0.3 is 15.2 Å². The van der Waals surface area contributed by atoms with Crippen LogP contribution in [0.25, 0.3) is 0 Å². The molecule has 1 atom stereocenters. The van der Waals surface area contributed by atoms with E-state index < -0.39 is 0 Å². The highest BCUT2D eigenvalue weighted by Gasteiger charge is 2.16. The molecule has 0 fully saturated rings. The first kappa shape index (κ1) is 19.3. The van der Waals surface area contributed by atoms with Gasteiger partial charge in [-0.25, -0.2) is 0 Å². The van der Waals surface area contributed by atoms with Crippen LogP contribution in [0.1, 0.15) is 50.3 Å². The van der Waals surface area contributed by atoms with Crippen molar-refractivity contribution in [3.8, 4) is 11.5 Å². The fourth-order valence-electron chi connectivity index (χ4n) is 2.99. The third-order valence-corrected chi connectivity index (χ3v) is 4.54. The molecule has 2 aromatic rings. The number of hydrogen-bond donors (Lipinski definition) is 1. The highest BCUT2D eigenvalue weighted by molar-refractivity contribution is 5.43. The zero-order valence-corrected chi connectivity index (χ0v) is 16.1. The molecule has 0 spiro atoms. The van der Waals surface area contributed by atoms with Gasteiger partial charge in [-0.2, -0.15) is 0 Å². The van der Waals surface area contributed by atoms with Crippen molar-refractivity contribution in [1.29, 1.82) is 0 Å². The monoisotopic (exact) mass is 341 g/mol. The van der Waals surface area contributed by atoms with Crippen molar-refractivity contribution in [3.63, 3.8) is 0 Å². The van der Waals surface area contributed by atoms with Crippen LogP contribution in [0.5, 0.6) is 11.5 Å². The van der Waals surface area contributed by atoms with Gasteiger partial charge >= 0.3 is 0 Å². The Hall–Kier alpha value is -2.00. The molecular weight excluding hydrogens is 310 g/mol. The molecule has 0 radical (unpaired) electrons. The fraction of sp³-hybridized carbons (Fsp3) is 0.455. The van der Waals surface area contributed by atoms with Crippen molar-refractivity contribution in [2.75, 3.05) is 20.3 Å². The van der Waals surface area contributed by atoms with E-state index in [1.807, 2.05) is 13.0 Å². The van der Waals surface area contributed by atoms with Gasteiger partial charge in [0.2, 0.25) is 0 Å². The quantitative estimate of drug-likeness (QED) is 0.795. The van der Waals surface area contributed by atoms with Crippen LogP contribution in [0, 0.1) is 0 Å². The topological polar surface area (TPSA) is 44.5 Å². The Morgan fingerprint density at radius 2 is 1.68 bits per heavy atom. The molecule has 0 bridgehead atoms. The van der Waals surface area contributed by atoms with Crippen molar-refractivity contribution in [3.05, 3.63) is 59.2 Å². The van der Waals surface area contributed by atoms with E-state index in [1.165, 1.54) is 16.7 Å². The number of benzene rings is 2. The summed E-state index contributed by atoms with van der Waals surface area (Å²) in [5.74, 6) is 1.85. The van der Waals surface area contributed by atoms with Crippen molar-refractivity contribution in [2.24, 2.45) is 5.73 Å². The number of methoxy groups -OCH3 is 1. The molecule has 0 aliphatic heterocycles. The Kier molecular flexibility index (Phi) is 6.49. The molecule has 2 aromatic carbocycles. The van der Waals surface area contributed by atoms with E-state index >= 15 is 0 Å². The highest BCUT2D eigenvalue weighted by atomic mass is 16.5. The molecule has 2 N–H and O–H groups in total. The van der Waals surface area contributed by atoms with Gasteiger partial charge in [0.05, 0.1) is 13.7 Å². The van der Waals surface area contributed by atoms with E-state index in [0.717, 1.165) is 17.9 Å². The van der Waals surface area contributed by atoms with Crippen molar-refractivity contribution in [1.82, 2.24) is 0 Å². The summed E-state index contributed by atoms with van der Waals surface area (Å²) in [6, 6.07) is 15.0. The molecule has 3 nitrogen and oxygen atoms in total. The van der Waals surface area contributed by atoms with Crippen LogP contribution in [0.4, 0.5) is 0 Å². The molecule has 1 unspecified atom stereocenters. The average molecular weight is 341 g/mol. The Bertz CT molecular complexity index is 671. The van der Waals surface area contributed by atoms with E-state index in [0.29, 0.717) is 13.2 Å². The van der Waals surface area contributed by atoms with Crippen LogP contribution in [0.3, 0.4) is 0 Å². The average Bonchev–Trinajstić information content (AvgIpc) is 2.60. The molecule has 136 valence electrons. The Morgan fingerprint density at radius 3 is 2.20 bits per heavy atom.